The average Bonchev–Trinajstić information content (AvgIpc) is 2.66. The van der Waals surface area contributed by atoms with Crippen LogP contribution in [0.1, 0.15) is 36.0 Å². The molecule has 1 heterocycles. The fourth-order valence-corrected chi connectivity index (χ4v) is 3.51. The Morgan fingerprint density at radius 1 is 1.00 bits per heavy atom. The first-order valence-electron chi connectivity index (χ1n) is 9.73. The predicted molar refractivity (Wildman–Crippen MR) is 107 cm³/mol. The maximum Gasteiger partial charge on any atom is 0.119 e. The molecular weight excluding hydrogens is 322 g/mol. The third-order valence-corrected chi connectivity index (χ3v) is 5.56. The van der Waals surface area contributed by atoms with Crippen LogP contribution in [-0.4, -0.2) is 41.8 Å². The van der Waals surface area contributed by atoms with Crippen LogP contribution in [0.25, 0.3) is 0 Å². The van der Waals surface area contributed by atoms with E-state index in [9.17, 15) is 5.11 Å². The number of hydrogen-bond donors (Lipinski definition) is 1. The first-order chi connectivity index (χ1) is 12.5. The largest absolute Gasteiger partial charge is 0.491 e. The first-order valence-corrected chi connectivity index (χ1v) is 9.73. The van der Waals surface area contributed by atoms with Gasteiger partial charge >= 0.3 is 0 Å². The Bertz CT molecular complexity index is 691. The summed E-state index contributed by atoms with van der Waals surface area (Å²) in [4.78, 5) is 2.47. The van der Waals surface area contributed by atoms with E-state index in [0.29, 0.717) is 6.61 Å². The number of aryl methyl sites for hydroxylation is 3. The van der Waals surface area contributed by atoms with E-state index in [1.807, 2.05) is 6.07 Å². The Labute approximate surface area is 157 Å². The van der Waals surface area contributed by atoms with Gasteiger partial charge in [0.2, 0.25) is 0 Å². The lowest BCUT2D eigenvalue weighted by molar-refractivity contribution is -0.0523. The molecule has 26 heavy (non-hydrogen) atoms. The van der Waals surface area contributed by atoms with E-state index in [0.717, 1.165) is 44.6 Å². The van der Waals surface area contributed by atoms with Gasteiger partial charge in [-0.05, 0) is 74.9 Å². The predicted octanol–water partition coefficient (Wildman–Crippen LogP) is 4.14. The second-order valence-electron chi connectivity index (χ2n) is 7.69. The SMILES string of the molecule is Cc1ccc(OCC2(O)CCN(CCCc3ccccc3)CC2)cc1C. The van der Waals surface area contributed by atoms with Crippen molar-refractivity contribution in [2.75, 3.05) is 26.2 Å². The topological polar surface area (TPSA) is 32.7 Å². The van der Waals surface area contributed by atoms with E-state index in [-0.39, 0.29) is 0 Å². The second-order valence-corrected chi connectivity index (χ2v) is 7.69. The van der Waals surface area contributed by atoms with Gasteiger partial charge in [0.05, 0.1) is 0 Å². The third-order valence-electron chi connectivity index (χ3n) is 5.56. The van der Waals surface area contributed by atoms with Crippen LogP contribution < -0.4 is 4.74 Å². The van der Waals surface area contributed by atoms with Crippen molar-refractivity contribution in [3.8, 4) is 5.75 Å². The number of benzene rings is 2. The fourth-order valence-electron chi connectivity index (χ4n) is 3.51. The summed E-state index contributed by atoms with van der Waals surface area (Å²) in [5.41, 5.74) is 3.19. The van der Waals surface area contributed by atoms with Gasteiger partial charge in [-0.25, -0.2) is 0 Å². The van der Waals surface area contributed by atoms with Gasteiger partial charge in [-0.2, -0.15) is 0 Å². The number of rotatable bonds is 7. The van der Waals surface area contributed by atoms with Crippen LogP contribution in [0.4, 0.5) is 0 Å². The van der Waals surface area contributed by atoms with Gasteiger partial charge in [0, 0.05) is 13.1 Å². The van der Waals surface area contributed by atoms with Gasteiger partial charge in [-0.1, -0.05) is 36.4 Å². The van der Waals surface area contributed by atoms with Crippen LogP contribution in [0.2, 0.25) is 0 Å². The van der Waals surface area contributed by atoms with Crippen LogP contribution in [-0.2, 0) is 6.42 Å². The molecule has 140 valence electrons. The molecule has 3 nitrogen and oxygen atoms in total. The highest BCUT2D eigenvalue weighted by atomic mass is 16.5. The Morgan fingerprint density at radius 3 is 2.42 bits per heavy atom. The van der Waals surface area contributed by atoms with E-state index in [1.165, 1.54) is 23.1 Å². The Balaban J connectivity index is 1.39. The summed E-state index contributed by atoms with van der Waals surface area (Å²) in [6.45, 7) is 7.56. The highest BCUT2D eigenvalue weighted by Crippen LogP contribution is 2.25. The Hall–Kier alpha value is -1.84. The standard InChI is InChI=1S/C23H31NO2/c1-19-10-11-22(17-20(19)2)26-18-23(25)12-15-24(16-13-23)14-6-9-21-7-4-3-5-8-21/h3-5,7-8,10-11,17,25H,6,9,12-16,18H2,1-2H3. The summed E-state index contributed by atoms with van der Waals surface area (Å²) in [6, 6.07) is 16.8. The number of likely N-dealkylation sites (tertiary alicyclic amines) is 1. The van der Waals surface area contributed by atoms with E-state index in [1.54, 1.807) is 0 Å². The van der Waals surface area contributed by atoms with Crippen molar-refractivity contribution in [2.24, 2.45) is 0 Å². The number of piperidine rings is 1. The molecule has 0 atom stereocenters. The summed E-state index contributed by atoms with van der Waals surface area (Å²) in [5, 5.41) is 10.8. The van der Waals surface area contributed by atoms with Crippen molar-refractivity contribution in [1.29, 1.82) is 0 Å². The van der Waals surface area contributed by atoms with Gasteiger partial charge in [-0.3, -0.25) is 0 Å². The second kappa shape index (κ2) is 8.70. The van der Waals surface area contributed by atoms with E-state index in [2.05, 4.69) is 61.2 Å². The molecule has 0 bridgehead atoms. The lowest BCUT2D eigenvalue weighted by atomic mass is 9.92. The van der Waals surface area contributed by atoms with Gasteiger partial charge in [0.1, 0.15) is 18.0 Å². The van der Waals surface area contributed by atoms with Crippen molar-refractivity contribution in [3.63, 3.8) is 0 Å². The zero-order valence-electron chi connectivity index (χ0n) is 16.1. The maximum atomic E-state index is 10.8. The van der Waals surface area contributed by atoms with Crippen LogP contribution in [0.5, 0.6) is 5.75 Å². The van der Waals surface area contributed by atoms with Crippen molar-refractivity contribution in [1.82, 2.24) is 4.90 Å². The highest BCUT2D eigenvalue weighted by molar-refractivity contribution is 5.33. The quantitative estimate of drug-likeness (QED) is 0.812. The molecule has 1 saturated heterocycles. The van der Waals surface area contributed by atoms with Crippen molar-refractivity contribution < 1.29 is 9.84 Å². The Kier molecular flexibility index (Phi) is 6.33. The summed E-state index contributed by atoms with van der Waals surface area (Å²) < 4.78 is 5.89. The van der Waals surface area contributed by atoms with Crippen molar-refractivity contribution >= 4 is 0 Å². The molecule has 3 heteroatoms. The molecule has 0 amide bonds. The fraction of sp³-hybridized carbons (Fsp3) is 0.478. The molecule has 0 spiro atoms. The monoisotopic (exact) mass is 353 g/mol. The molecule has 2 aromatic rings. The molecule has 1 aliphatic rings. The molecule has 0 saturated carbocycles. The van der Waals surface area contributed by atoms with Crippen LogP contribution in [0.3, 0.4) is 0 Å². The third kappa shape index (κ3) is 5.33. The smallest absolute Gasteiger partial charge is 0.119 e. The molecule has 3 rings (SSSR count). The zero-order chi connectivity index (χ0) is 18.4. The van der Waals surface area contributed by atoms with Crippen LogP contribution in [0.15, 0.2) is 48.5 Å². The number of ether oxygens (including phenoxy) is 1. The lowest BCUT2D eigenvalue weighted by Crippen LogP contribution is -2.48. The number of hydrogen-bond acceptors (Lipinski definition) is 3. The maximum absolute atomic E-state index is 10.8. The van der Waals surface area contributed by atoms with Gasteiger partial charge in [0.25, 0.3) is 0 Å². The van der Waals surface area contributed by atoms with Gasteiger partial charge in [0.15, 0.2) is 0 Å². The minimum atomic E-state index is -0.700. The molecule has 0 unspecified atom stereocenters. The summed E-state index contributed by atoms with van der Waals surface area (Å²) in [7, 11) is 0. The van der Waals surface area contributed by atoms with Crippen molar-refractivity contribution in [2.45, 2.75) is 45.1 Å². The van der Waals surface area contributed by atoms with Crippen LogP contribution >= 0.6 is 0 Å². The van der Waals surface area contributed by atoms with Crippen LogP contribution in [0, 0.1) is 13.8 Å². The minimum Gasteiger partial charge on any atom is -0.491 e. The molecule has 0 radical (unpaired) electrons. The highest BCUT2D eigenvalue weighted by Gasteiger charge is 2.32. The normalized spacial score (nSPS) is 17.2. The molecule has 1 aliphatic heterocycles. The van der Waals surface area contributed by atoms with E-state index < -0.39 is 5.60 Å². The molecule has 0 aromatic heterocycles. The average molecular weight is 354 g/mol. The summed E-state index contributed by atoms with van der Waals surface area (Å²) in [6.07, 6.45) is 3.85. The van der Waals surface area contributed by atoms with Gasteiger partial charge in [-0.15, -0.1) is 0 Å². The minimum absolute atomic E-state index is 0.382. The zero-order valence-corrected chi connectivity index (χ0v) is 16.1. The molecule has 1 fully saturated rings. The molecule has 0 aliphatic carbocycles. The molecule has 2 aromatic carbocycles. The van der Waals surface area contributed by atoms with E-state index >= 15 is 0 Å². The summed E-state index contributed by atoms with van der Waals surface area (Å²) in [5.74, 6) is 0.854. The number of nitrogens with zero attached hydrogens (tertiary/aromatic N) is 1. The first kappa shape index (κ1) is 18.9. The van der Waals surface area contributed by atoms with Crippen molar-refractivity contribution in [3.05, 3.63) is 65.2 Å². The Morgan fingerprint density at radius 2 is 1.73 bits per heavy atom. The van der Waals surface area contributed by atoms with E-state index in [4.69, 9.17) is 4.74 Å². The molecule has 1 N–H and O–H groups in total. The van der Waals surface area contributed by atoms with Gasteiger partial charge < -0.3 is 14.7 Å². The molecular formula is C23H31NO2. The summed E-state index contributed by atoms with van der Waals surface area (Å²) >= 11 is 0. The lowest BCUT2D eigenvalue weighted by Gasteiger charge is -2.38. The number of aliphatic hydroxyl groups is 1.